The first-order chi connectivity index (χ1) is 4.97. The Labute approximate surface area is 70.0 Å². The Balaban J connectivity index is 2.87. The van der Waals surface area contributed by atoms with Crippen molar-refractivity contribution in [2.45, 2.75) is 33.6 Å². The van der Waals surface area contributed by atoms with Gasteiger partial charge in [0.05, 0.1) is 0 Å². The molecule has 2 atom stereocenters. The van der Waals surface area contributed by atoms with E-state index in [1.54, 1.807) is 0 Å². The molecule has 11 heavy (non-hydrogen) atoms. The summed E-state index contributed by atoms with van der Waals surface area (Å²) in [4.78, 5) is 0. The molecule has 1 aliphatic rings. The molecule has 0 N–H and O–H groups in total. The van der Waals surface area contributed by atoms with Crippen molar-refractivity contribution in [3.8, 4) is 0 Å². The van der Waals surface area contributed by atoms with E-state index in [2.05, 4.69) is 33.9 Å². The normalized spacial score (nSPS) is 37.7. The summed E-state index contributed by atoms with van der Waals surface area (Å²) in [7, 11) is 0. The van der Waals surface area contributed by atoms with Gasteiger partial charge in [0.15, 0.2) is 0 Å². The average molecular weight is 150 g/mol. The maximum Gasteiger partial charge on any atom is -0.00562 e. The molecule has 0 aromatic heterocycles. The molecule has 1 fully saturated rings. The minimum atomic E-state index is 0.330. The third kappa shape index (κ3) is 1.26. The molecular formula is C11H18. The summed E-state index contributed by atoms with van der Waals surface area (Å²) in [6.07, 6.45) is 2.33. The van der Waals surface area contributed by atoms with Gasteiger partial charge in [0.1, 0.15) is 0 Å². The van der Waals surface area contributed by atoms with Crippen molar-refractivity contribution < 1.29 is 0 Å². The van der Waals surface area contributed by atoms with Crippen molar-refractivity contribution in [3.63, 3.8) is 0 Å². The van der Waals surface area contributed by atoms with Gasteiger partial charge in [0.2, 0.25) is 0 Å². The van der Waals surface area contributed by atoms with Crippen LogP contribution in [0.15, 0.2) is 24.3 Å². The predicted molar refractivity (Wildman–Crippen MR) is 50.5 cm³/mol. The first kappa shape index (κ1) is 8.58. The van der Waals surface area contributed by atoms with E-state index in [-0.39, 0.29) is 0 Å². The van der Waals surface area contributed by atoms with Gasteiger partial charge in [0.25, 0.3) is 0 Å². The first-order valence-corrected chi connectivity index (χ1v) is 4.29. The molecule has 0 saturated heterocycles. The SMILES string of the molecule is C=C1C[C@H](C)[C@](C)(C(=C)C)C1. The summed E-state index contributed by atoms with van der Waals surface area (Å²) in [6, 6.07) is 0. The highest BCUT2D eigenvalue weighted by Gasteiger charge is 2.37. The molecule has 0 aliphatic heterocycles. The van der Waals surface area contributed by atoms with Crippen LogP contribution in [0.4, 0.5) is 0 Å². The summed E-state index contributed by atoms with van der Waals surface area (Å²) in [5, 5.41) is 0. The van der Waals surface area contributed by atoms with E-state index >= 15 is 0 Å². The Morgan fingerprint density at radius 3 is 2.36 bits per heavy atom. The zero-order valence-corrected chi connectivity index (χ0v) is 7.91. The predicted octanol–water partition coefficient (Wildman–Crippen LogP) is 3.55. The Bertz CT molecular complexity index is 200. The van der Waals surface area contributed by atoms with Crippen LogP contribution in [0.25, 0.3) is 0 Å². The van der Waals surface area contributed by atoms with Gasteiger partial charge in [-0.2, -0.15) is 0 Å². The number of hydrogen-bond acceptors (Lipinski definition) is 0. The highest BCUT2D eigenvalue weighted by atomic mass is 14.4. The Hall–Kier alpha value is -0.520. The van der Waals surface area contributed by atoms with Gasteiger partial charge in [-0.05, 0) is 31.1 Å². The first-order valence-electron chi connectivity index (χ1n) is 4.29. The van der Waals surface area contributed by atoms with Gasteiger partial charge in [-0.1, -0.05) is 38.2 Å². The second-order valence-electron chi connectivity index (χ2n) is 4.23. The van der Waals surface area contributed by atoms with Crippen LogP contribution in [0, 0.1) is 11.3 Å². The molecule has 0 bridgehead atoms. The average Bonchev–Trinajstić information content (AvgIpc) is 2.08. The van der Waals surface area contributed by atoms with Crippen LogP contribution < -0.4 is 0 Å². The number of rotatable bonds is 1. The molecule has 1 saturated carbocycles. The molecule has 1 aliphatic carbocycles. The van der Waals surface area contributed by atoms with Crippen molar-refractivity contribution >= 4 is 0 Å². The lowest BCUT2D eigenvalue weighted by Crippen LogP contribution is -2.19. The molecule has 0 amide bonds. The van der Waals surface area contributed by atoms with Crippen LogP contribution >= 0.6 is 0 Å². The maximum absolute atomic E-state index is 4.05. The van der Waals surface area contributed by atoms with Crippen LogP contribution in [-0.2, 0) is 0 Å². The van der Waals surface area contributed by atoms with E-state index < -0.39 is 0 Å². The van der Waals surface area contributed by atoms with E-state index in [0.717, 1.165) is 12.3 Å². The minimum absolute atomic E-state index is 0.330. The van der Waals surface area contributed by atoms with Gasteiger partial charge >= 0.3 is 0 Å². The van der Waals surface area contributed by atoms with Gasteiger partial charge in [0, 0.05) is 0 Å². The van der Waals surface area contributed by atoms with E-state index in [1.165, 1.54) is 17.6 Å². The fourth-order valence-electron chi connectivity index (χ4n) is 2.00. The number of hydrogen-bond donors (Lipinski definition) is 0. The topological polar surface area (TPSA) is 0 Å². The van der Waals surface area contributed by atoms with Crippen molar-refractivity contribution in [1.29, 1.82) is 0 Å². The Morgan fingerprint density at radius 1 is 1.64 bits per heavy atom. The van der Waals surface area contributed by atoms with Crippen LogP contribution in [0.5, 0.6) is 0 Å². The second kappa shape index (κ2) is 2.51. The van der Waals surface area contributed by atoms with Crippen molar-refractivity contribution in [1.82, 2.24) is 0 Å². The zero-order chi connectivity index (χ0) is 8.65. The summed E-state index contributed by atoms with van der Waals surface area (Å²) < 4.78 is 0. The molecule has 0 heteroatoms. The van der Waals surface area contributed by atoms with Crippen LogP contribution in [-0.4, -0.2) is 0 Å². The molecule has 0 aromatic rings. The van der Waals surface area contributed by atoms with E-state index in [0.29, 0.717) is 5.41 Å². The fourth-order valence-corrected chi connectivity index (χ4v) is 2.00. The molecule has 62 valence electrons. The quantitative estimate of drug-likeness (QED) is 0.501. The zero-order valence-electron chi connectivity index (χ0n) is 7.91. The second-order valence-corrected chi connectivity index (χ2v) is 4.23. The van der Waals surface area contributed by atoms with Gasteiger partial charge in [-0.15, -0.1) is 0 Å². The van der Waals surface area contributed by atoms with Crippen LogP contribution in [0.1, 0.15) is 33.6 Å². The molecule has 1 rings (SSSR count). The Kier molecular flexibility index (Phi) is 1.96. The highest BCUT2D eigenvalue weighted by molar-refractivity contribution is 5.20. The molecule has 0 aromatic carbocycles. The summed E-state index contributed by atoms with van der Waals surface area (Å²) in [6.45, 7) is 14.8. The lowest BCUT2D eigenvalue weighted by molar-refractivity contribution is 0.310. The summed E-state index contributed by atoms with van der Waals surface area (Å²) >= 11 is 0. The van der Waals surface area contributed by atoms with E-state index in [4.69, 9.17) is 0 Å². The number of allylic oxidation sites excluding steroid dienone is 2. The molecule has 0 spiro atoms. The third-order valence-corrected chi connectivity index (χ3v) is 3.27. The van der Waals surface area contributed by atoms with Crippen molar-refractivity contribution in [3.05, 3.63) is 24.3 Å². The molecule has 0 unspecified atom stereocenters. The maximum atomic E-state index is 4.05. The van der Waals surface area contributed by atoms with Crippen LogP contribution in [0.3, 0.4) is 0 Å². The van der Waals surface area contributed by atoms with Crippen molar-refractivity contribution in [2.24, 2.45) is 11.3 Å². The Morgan fingerprint density at radius 2 is 2.18 bits per heavy atom. The molecule has 0 radical (unpaired) electrons. The van der Waals surface area contributed by atoms with Gasteiger partial charge in [-0.25, -0.2) is 0 Å². The van der Waals surface area contributed by atoms with E-state index in [9.17, 15) is 0 Å². The summed E-state index contributed by atoms with van der Waals surface area (Å²) in [5.41, 5.74) is 3.03. The highest BCUT2D eigenvalue weighted by Crippen LogP contribution is 2.49. The lowest BCUT2D eigenvalue weighted by Gasteiger charge is -2.29. The van der Waals surface area contributed by atoms with Gasteiger partial charge in [-0.3, -0.25) is 0 Å². The monoisotopic (exact) mass is 150 g/mol. The summed E-state index contributed by atoms with van der Waals surface area (Å²) in [5.74, 6) is 0.729. The van der Waals surface area contributed by atoms with E-state index in [1.807, 2.05) is 0 Å². The largest absolute Gasteiger partial charge is 0.0998 e. The fraction of sp³-hybridized carbons (Fsp3) is 0.636. The molecule has 0 nitrogen and oxygen atoms in total. The lowest BCUT2D eigenvalue weighted by atomic mass is 9.75. The minimum Gasteiger partial charge on any atom is -0.0998 e. The van der Waals surface area contributed by atoms with Crippen LogP contribution in [0.2, 0.25) is 0 Å². The smallest absolute Gasteiger partial charge is 0.00562 e. The standard InChI is InChI=1S/C11H18/c1-8(2)11(5)7-9(3)6-10(11)4/h10H,1,3,6-7H2,2,4-5H3/t10-,11-/m0/s1. The molecular weight excluding hydrogens is 132 g/mol. The molecule has 0 heterocycles. The third-order valence-electron chi connectivity index (χ3n) is 3.27. The van der Waals surface area contributed by atoms with Crippen molar-refractivity contribution in [2.75, 3.05) is 0 Å². The van der Waals surface area contributed by atoms with Gasteiger partial charge < -0.3 is 0 Å².